The van der Waals surface area contributed by atoms with E-state index >= 15 is 0 Å². The third-order valence-corrected chi connectivity index (χ3v) is 1.41. The molecule has 0 aliphatic rings. The summed E-state index contributed by atoms with van der Waals surface area (Å²) in [5.41, 5.74) is 2.03. The van der Waals surface area contributed by atoms with Crippen LogP contribution in [0.4, 0.5) is 4.79 Å². The summed E-state index contributed by atoms with van der Waals surface area (Å²) in [5.74, 6) is -1.11. The fraction of sp³-hybridized carbons (Fsp3) is 0.750. The molecule has 0 fully saturated rings. The number of hydrogen-bond donors (Lipinski definition) is 2. The highest BCUT2D eigenvalue weighted by Gasteiger charge is 2.13. The lowest BCUT2D eigenvalue weighted by molar-refractivity contribution is -0.142. The first-order chi connectivity index (χ1) is 6.57. The quantitative estimate of drug-likeness (QED) is 0.381. The Hall–Kier alpha value is -1.30. The standard InChI is InChI=1S/C8H15NO5/c1-3-4-5-13-8(12)14-9-6(2)7(10)11/h6,9H,3-5H2,1-2H3,(H,10,11)/t6-/m0/s1. The van der Waals surface area contributed by atoms with Crippen LogP contribution in [0.3, 0.4) is 0 Å². The molecule has 0 saturated carbocycles. The Morgan fingerprint density at radius 2 is 2.14 bits per heavy atom. The second-order valence-corrected chi connectivity index (χ2v) is 2.73. The van der Waals surface area contributed by atoms with Crippen molar-refractivity contribution in [2.75, 3.05) is 6.61 Å². The Balaban J connectivity index is 3.48. The molecule has 6 nitrogen and oxygen atoms in total. The fourth-order valence-corrected chi connectivity index (χ4v) is 0.516. The van der Waals surface area contributed by atoms with Crippen LogP contribution in [0.25, 0.3) is 0 Å². The zero-order valence-electron chi connectivity index (χ0n) is 8.28. The molecule has 0 bridgehead atoms. The van der Waals surface area contributed by atoms with Gasteiger partial charge in [-0.1, -0.05) is 13.3 Å². The summed E-state index contributed by atoms with van der Waals surface area (Å²) in [6, 6.07) is -0.950. The number of rotatable bonds is 6. The Morgan fingerprint density at radius 3 is 2.64 bits per heavy atom. The molecule has 1 atom stereocenters. The smallest absolute Gasteiger partial charge is 0.480 e. The van der Waals surface area contributed by atoms with Crippen molar-refractivity contribution in [3.8, 4) is 0 Å². The number of carbonyl (C=O) groups is 2. The summed E-state index contributed by atoms with van der Waals surface area (Å²) in [7, 11) is 0. The molecule has 0 aliphatic heterocycles. The zero-order valence-corrected chi connectivity index (χ0v) is 8.28. The minimum absolute atomic E-state index is 0.276. The predicted molar refractivity (Wildman–Crippen MR) is 47.6 cm³/mol. The number of hydroxylamine groups is 1. The van der Waals surface area contributed by atoms with Gasteiger partial charge in [-0.25, -0.2) is 4.79 Å². The molecule has 0 heterocycles. The SMILES string of the molecule is CCCCOC(=O)ON[C@@H](C)C(=O)O. The third kappa shape index (κ3) is 6.24. The lowest BCUT2D eigenvalue weighted by atomic mass is 10.4. The van der Waals surface area contributed by atoms with Gasteiger partial charge in [0.2, 0.25) is 0 Å². The van der Waals surface area contributed by atoms with Crippen molar-refractivity contribution in [3.05, 3.63) is 0 Å². The molecule has 0 radical (unpaired) electrons. The number of nitrogens with one attached hydrogen (secondary N) is 1. The Kier molecular flexibility index (Phi) is 6.47. The monoisotopic (exact) mass is 205 g/mol. The average molecular weight is 205 g/mol. The first-order valence-corrected chi connectivity index (χ1v) is 4.39. The Morgan fingerprint density at radius 1 is 1.50 bits per heavy atom. The van der Waals surface area contributed by atoms with E-state index in [4.69, 9.17) is 5.11 Å². The Bertz CT molecular complexity index is 194. The Labute approximate surface area is 82.1 Å². The van der Waals surface area contributed by atoms with E-state index in [9.17, 15) is 9.59 Å². The van der Waals surface area contributed by atoms with Crippen molar-refractivity contribution in [3.63, 3.8) is 0 Å². The summed E-state index contributed by atoms with van der Waals surface area (Å²) >= 11 is 0. The van der Waals surface area contributed by atoms with Crippen molar-refractivity contribution >= 4 is 12.1 Å². The molecule has 0 aromatic carbocycles. The van der Waals surface area contributed by atoms with E-state index in [2.05, 4.69) is 9.57 Å². The van der Waals surface area contributed by atoms with E-state index in [0.717, 1.165) is 12.8 Å². The van der Waals surface area contributed by atoms with Gasteiger partial charge < -0.3 is 14.7 Å². The van der Waals surface area contributed by atoms with Gasteiger partial charge in [0.15, 0.2) is 0 Å². The van der Waals surface area contributed by atoms with Gasteiger partial charge in [0, 0.05) is 0 Å². The van der Waals surface area contributed by atoms with E-state index in [0.29, 0.717) is 0 Å². The molecular formula is C8H15NO5. The maximum atomic E-state index is 10.7. The zero-order chi connectivity index (χ0) is 11.0. The molecular weight excluding hydrogens is 190 g/mol. The van der Waals surface area contributed by atoms with Gasteiger partial charge in [-0.15, -0.1) is 5.48 Å². The van der Waals surface area contributed by atoms with Crippen LogP contribution < -0.4 is 5.48 Å². The van der Waals surface area contributed by atoms with Gasteiger partial charge in [0.25, 0.3) is 0 Å². The molecule has 2 N–H and O–H groups in total. The number of carbonyl (C=O) groups excluding carboxylic acids is 1. The molecule has 0 spiro atoms. The minimum Gasteiger partial charge on any atom is -0.480 e. The first kappa shape index (κ1) is 12.7. The lowest BCUT2D eigenvalue weighted by Gasteiger charge is -2.08. The second-order valence-electron chi connectivity index (χ2n) is 2.73. The van der Waals surface area contributed by atoms with Gasteiger partial charge in [-0.2, -0.15) is 0 Å². The highest BCUT2D eigenvalue weighted by atomic mass is 16.8. The number of aliphatic carboxylic acids is 1. The molecule has 6 heteroatoms. The van der Waals surface area contributed by atoms with Crippen LogP contribution in [0.15, 0.2) is 0 Å². The van der Waals surface area contributed by atoms with E-state index < -0.39 is 18.2 Å². The maximum Gasteiger partial charge on any atom is 0.527 e. The molecule has 0 amide bonds. The van der Waals surface area contributed by atoms with Crippen molar-refractivity contribution in [1.29, 1.82) is 0 Å². The fourth-order valence-electron chi connectivity index (χ4n) is 0.516. The topological polar surface area (TPSA) is 84.9 Å². The maximum absolute atomic E-state index is 10.7. The number of hydrogen-bond acceptors (Lipinski definition) is 5. The van der Waals surface area contributed by atoms with Gasteiger partial charge in [-0.3, -0.25) is 4.79 Å². The molecule has 14 heavy (non-hydrogen) atoms. The highest BCUT2D eigenvalue weighted by Crippen LogP contribution is 1.91. The number of ether oxygens (including phenoxy) is 1. The van der Waals surface area contributed by atoms with Crippen LogP contribution in [-0.2, 0) is 14.4 Å². The first-order valence-electron chi connectivity index (χ1n) is 4.39. The van der Waals surface area contributed by atoms with Crippen LogP contribution in [0, 0.1) is 0 Å². The molecule has 0 rings (SSSR count). The summed E-state index contributed by atoms with van der Waals surface area (Å²) in [6.07, 6.45) is 0.752. The van der Waals surface area contributed by atoms with Gasteiger partial charge in [0.1, 0.15) is 6.04 Å². The average Bonchev–Trinajstić information content (AvgIpc) is 2.14. The molecule has 82 valence electrons. The summed E-state index contributed by atoms with van der Waals surface area (Å²) < 4.78 is 4.60. The summed E-state index contributed by atoms with van der Waals surface area (Å²) in [4.78, 5) is 25.3. The number of carboxylic acids is 1. The van der Waals surface area contributed by atoms with Crippen molar-refractivity contribution in [2.45, 2.75) is 32.7 Å². The van der Waals surface area contributed by atoms with Crippen LogP contribution in [0.2, 0.25) is 0 Å². The van der Waals surface area contributed by atoms with Crippen molar-refractivity contribution in [2.24, 2.45) is 0 Å². The molecule has 0 aromatic heterocycles. The largest absolute Gasteiger partial charge is 0.527 e. The normalized spacial score (nSPS) is 11.9. The molecule has 0 aliphatic carbocycles. The third-order valence-electron chi connectivity index (χ3n) is 1.41. The van der Waals surface area contributed by atoms with Gasteiger partial charge in [0.05, 0.1) is 6.61 Å². The summed E-state index contributed by atoms with van der Waals surface area (Å²) in [6.45, 7) is 3.58. The second kappa shape index (κ2) is 7.14. The van der Waals surface area contributed by atoms with Crippen LogP contribution >= 0.6 is 0 Å². The van der Waals surface area contributed by atoms with E-state index in [-0.39, 0.29) is 6.61 Å². The molecule has 0 saturated heterocycles. The van der Waals surface area contributed by atoms with Crippen LogP contribution in [0.5, 0.6) is 0 Å². The number of carboxylic acid groups (broad SMARTS) is 1. The lowest BCUT2D eigenvalue weighted by Crippen LogP contribution is -2.35. The highest BCUT2D eigenvalue weighted by molar-refractivity contribution is 5.72. The van der Waals surface area contributed by atoms with Crippen LogP contribution in [0.1, 0.15) is 26.7 Å². The van der Waals surface area contributed by atoms with Crippen molar-refractivity contribution in [1.82, 2.24) is 5.48 Å². The summed E-state index contributed by atoms with van der Waals surface area (Å²) in [5, 5.41) is 8.41. The predicted octanol–water partition coefficient (Wildman–Crippen LogP) is 0.917. The van der Waals surface area contributed by atoms with Gasteiger partial charge >= 0.3 is 12.1 Å². The van der Waals surface area contributed by atoms with E-state index in [1.165, 1.54) is 6.92 Å². The molecule has 0 aromatic rings. The van der Waals surface area contributed by atoms with Gasteiger partial charge in [-0.05, 0) is 13.3 Å². The number of unbranched alkanes of at least 4 members (excludes halogenated alkanes) is 1. The molecule has 0 unspecified atom stereocenters. The van der Waals surface area contributed by atoms with E-state index in [1.54, 1.807) is 0 Å². The van der Waals surface area contributed by atoms with Crippen LogP contribution in [-0.4, -0.2) is 29.9 Å². The van der Waals surface area contributed by atoms with Crippen molar-refractivity contribution < 1.29 is 24.3 Å². The minimum atomic E-state index is -1.11. The van der Waals surface area contributed by atoms with E-state index in [1.807, 2.05) is 12.4 Å².